The number of carbonyl (C=O) groups is 2. The number of methoxy groups -OCH3 is 1. The maximum Gasteiger partial charge on any atom is 0.410 e. The third-order valence-corrected chi connectivity index (χ3v) is 5.42. The maximum atomic E-state index is 12.4. The Kier molecular flexibility index (Phi) is 5.57. The first-order valence-corrected chi connectivity index (χ1v) is 9.91. The number of hydrogen-bond acceptors (Lipinski definition) is 6. The van der Waals surface area contributed by atoms with Crippen LogP contribution in [-0.4, -0.2) is 60.3 Å². The van der Waals surface area contributed by atoms with Crippen LogP contribution in [0.15, 0.2) is 42.5 Å². The van der Waals surface area contributed by atoms with E-state index in [1.165, 1.54) is 7.11 Å². The summed E-state index contributed by atoms with van der Waals surface area (Å²) in [4.78, 5) is 30.6. The Morgan fingerprint density at radius 2 is 1.84 bits per heavy atom. The normalized spacial score (nSPS) is 14.0. The Bertz CT molecular complexity index is 1100. The summed E-state index contributed by atoms with van der Waals surface area (Å²) < 4.78 is 10.9. The van der Waals surface area contributed by atoms with Gasteiger partial charge in [0.25, 0.3) is 0 Å². The van der Waals surface area contributed by atoms with Crippen LogP contribution < -0.4 is 15.4 Å². The number of hydrogen-bond donors (Lipinski definition) is 3. The molecule has 0 bridgehead atoms. The highest BCUT2D eigenvalue weighted by atomic mass is 16.6. The van der Waals surface area contributed by atoms with Crippen LogP contribution >= 0.6 is 0 Å². The number of H-pyrrole nitrogens is 1. The molecule has 1 saturated heterocycles. The van der Waals surface area contributed by atoms with E-state index < -0.39 is 5.97 Å². The molecule has 162 valence electrons. The fourth-order valence-corrected chi connectivity index (χ4v) is 3.81. The van der Waals surface area contributed by atoms with Crippen LogP contribution in [0.5, 0.6) is 5.75 Å². The summed E-state index contributed by atoms with van der Waals surface area (Å²) in [5, 5.41) is 9.93. The fourth-order valence-electron chi connectivity index (χ4n) is 3.81. The van der Waals surface area contributed by atoms with Gasteiger partial charge >= 0.3 is 12.1 Å². The fraction of sp³-hybridized carbons (Fsp3) is 0.273. The number of carboxylic acid groups (broad SMARTS) is 1. The van der Waals surface area contributed by atoms with Crippen LogP contribution in [0.2, 0.25) is 0 Å². The molecule has 0 radical (unpaired) electrons. The van der Waals surface area contributed by atoms with Crippen molar-refractivity contribution in [1.82, 2.24) is 9.88 Å². The summed E-state index contributed by atoms with van der Waals surface area (Å²) in [5.74, 6) is -0.442. The van der Waals surface area contributed by atoms with E-state index in [1.54, 1.807) is 11.0 Å². The Morgan fingerprint density at radius 3 is 2.48 bits per heavy atom. The lowest BCUT2D eigenvalue weighted by molar-refractivity contribution is 0.0700. The van der Waals surface area contributed by atoms with E-state index in [2.05, 4.69) is 9.88 Å². The van der Waals surface area contributed by atoms with Crippen molar-refractivity contribution in [3.8, 4) is 5.75 Å². The average molecular weight is 424 g/mol. The zero-order chi connectivity index (χ0) is 22.0. The number of benzene rings is 2. The predicted octanol–water partition coefficient (Wildman–Crippen LogP) is 2.92. The molecule has 1 aromatic heterocycles. The number of amides is 1. The lowest BCUT2D eigenvalue weighted by atomic mass is 10.1. The van der Waals surface area contributed by atoms with Gasteiger partial charge in [0.05, 0.1) is 18.3 Å². The molecule has 1 amide bonds. The predicted molar refractivity (Wildman–Crippen MR) is 117 cm³/mol. The summed E-state index contributed by atoms with van der Waals surface area (Å²) in [7, 11) is 1.54. The van der Waals surface area contributed by atoms with Gasteiger partial charge in [-0.25, -0.2) is 9.59 Å². The van der Waals surface area contributed by atoms with Crippen molar-refractivity contribution in [1.29, 1.82) is 0 Å². The SMILES string of the molecule is COc1cc2c(C(=O)O)c(N)[nH]c2cc1N1CCN(C(=O)OCc2ccccc2)CC1. The van der Waals surface area contributed by atoms with Crippen LogP contribution in [0.1, 0.15) is 15.9 Å². The van der Waals surface area contributed by atoms with Crippen LogP contribution in [0.3, 0.4) is 0 Å². The number of carbonyl (C=O) groups excluding carboxylic acids is 1. The molecular weight excluding hydrogens is 400 g/mol. The highest BCUT2D eigenvalue weighted by Crippen LogP contribution is 2.36. The van der Waals surface area contributed by atoms with E-state index in [-0.39, 0.29) is 24.1 Å². The van der Waals surface area contributed by atoms with Crippen LogP contribution in [0, 0.1) is 0 Å². The van der Waals surface area contributed by atoms with Gasteiger partial charge in [0.1, 0.15) is 23.7 Å². The molecule has 0 aliphatic carbocycles. The molecule has 9 heteroatoms. The number of nitrogen functional groups attached to an aromatic ring is 1. The summed E-state index contributed by atoms with van der Waals surface area (Å²) in [6.45, 7) is 2.42. The Hall–Kier alpha value is -3.88. The quantitative estimate of drug-likeness (QED) is 0.576. The number of nitrogens with two attached hydrogens (primary N) is 1. The number of carboxylic acids is 1. The van der Waals surface area contributed by atoms with Gasteiger partial charge in [-0.05, 0) is 17.7 Å². The number of aromatic amines is 1. The van der Waals surface area contributed by atoms with Gasteiger partial charge in [-0.3, -0.25) is 0 Å². The summed E-state index contributed by atoms with van der Waals surface area (Å²) in [6.07, 6.45) is -0.339. The van der Waals surface area contributed by atoms with Crippen LogP contribution in [-0.2, 0) is 11.3 Å². The molecule has 1 aliphatic rings. The van der Waals surface area contributed by atoms with Gasteiger partial charge in [0.2, 0.25) is 0 Å². The van der Waals surface area contributed by atoms with Gasteiger partial charge in [0, 0.05) is 31.6 Å². The highest BCUT2D eigenvalue weighted by molar-refractivity contribution is 6.09. The zero-order valence-electron chi connectivity index (χ0n) is 17.1. The molecule has 31 heavy (non-hydrogen) atoms. The zero-order valence-corrected chi connectivity index (χ0v) is 17.1. The van der Waals surface area contributed by atoms with Crippen LogP contribution in [0.4, 0.5) is 16.3 Å². The third kappa shape index (κ3) is 4.07. The molecular formula is C22H24N4O5. The van der Waals surface area contributed by atoms with E-state index in [9.17, 15) is 14.7 Å². The molecule has 4 N–H and O–H groups in total. The van der Waals surface area contributed by atoms with Crippen molar-refractivity contribution in [2.75, 3.05) is 43.9 Å². The molecule has 0 atom stereocenters. The second kappa shape index (κ2) is 8.47. The number of anilines is 2. The molecule has 0 spiro atoms. The van der Waals surface area contributed by atoms with E-state index >= 15 is 0 Å². The first-order chi connectivity index (χ1) is 15.0. The van der Waals surface area contributed by atoms with Gasteiger partial charge < -0.3 is 35.1 Å². The third-order valence-electron chi connectivity index (χ3n) is 5.42. The second-order valence-electron chi connectivity index (χ2n) is 7.30. The van der Waals surface area contributed by atoms with Crippen molar-refractivity contribution in [3.63, 3.8) is 0 Å². The number of aromatic carboxylic acids is 1. The molecule has 0 unspecified atom stereocenters. The number of ether oxygens (including phenoxy) is 2. The monoisotopic (exact) mass is 424 g/mol. The molecule has 3 aromatic rings. The van der Waals surface area contributed by atoms with Crippen molar-refractivity contribution >= 4 is 34.5 Å². The molecule has 0 saturated carbocycles. The molecule has 2 aromatic carbocycles. The smallest absolute Gasteiger partial charge is 0.410 e. The number of piperazine rings is 1. The minimum atomic E-state index is -1.10. The topological polar surface area (TPSA) is 121 Å². The summed E-state index contributed by atoms with van der Waals surface area (Å²) in [5.41, 5.74) is 8.26. The highest BCUT2D eigenvalue weighted by Gasteiger charge is 2.26. The van der Waals surface area contributed by atoms with E-state index in [0.29, 0.717) is 42.8 Å². The molecule has 1 fully saturated rings. The van der Waals surface area contributed by atoms with E-state index in [0.717, 1.165) is 11.3 Å². The van der Waals surface area contributed by atoms with Gasteiger partial charge in [-0.1, -0.05) is 30.3 Å². The standard InChI is InChI=1S/C22H24N4O5/c1-30-18-11-15-16(24-20(23)19(15)21(27)28)12-17(18)25-7-9-26(10-8-25)22(29)31-13-14-5-3-2-4-6-14/h2-6,11-12,24H,7-10,13,23H2,1H3,(H,27,28). The Labute approximate surface area is 178 Å². The van der Waals surface area contributed by atoms with Gasteiger partial charge in [-0.2, -0.15) is 0 Å². The van der Waals surface area contributed by atoms with E-state index in [1.807, 2.05) is 36.4 Å². The largest absolute Gasteiger partial charge is 0.495 e. The lowest BCUT2D eigenvalue weighted by Gasteiger charge is -2.36. The Morgan fingerprint density at radius 1 is 1.13 bits per heavy atom. The first-order valence-electron chi connectivity index (χ1n) is 9.91. The van der Waals surface area contributed by atoms with Crippen molar-refractivity contribution in [2.45, 2.75) is 6.61 Å². The second-order valence-corrected chi connectivity index (χ2v) is 7.30. The molecule has 2 heterocycles. The average Bonchev–Trinajstić information content (AvgIpc) is 3.12. The first kappa shape index (κ1) is 20.4. The number of nitrogens with one attached hydrogen (secondary N) is 1. The van der Waals surface area contributed by atoms with Gasteiger partial charge in [0.15, 0.2) is 0 Å². The van der Waals surface area contributed by atoms with Crippen molar-refractivity contribution in [2.24, 2.45) is 0 Å². The number of aromatic nitrogens is 1. The Balaban J connectivity index is 1.45. The van der Waals surface area contributed by atoms with Gasteiger partial charge in [-0.15, -0.1) is 0 Å². The maximum absolute atomic E-state index is 12.4. The molecule has 1 aliphatic heterocycles. The lowest BCUT2D eigenvalue weighted by Crippen LogP contribution is -2.49. The van der Waals surface area contributed by atoms with Crippen molar-refractivity contribution in [3.05, 3.63) is 53.6 Å². The number of rotatable bonds is 5. The number of fused-ring (bicyclic) bond motifs is 1. The van der Waals surface area contributed by atoms with Crippen molar-refractivity contribution < 1.29 is 24.2 Å². The summed E-state index contributed by atoms with van der Waals surface area (Å²) >= 11 is 0. The number of nitrogens with zero attached hydrogens (tertiary/aromatic N) is 2. The molecule has 9 nitrogen and oxygen atoms in total. The minimum Gasteiger partial charge on any atom is -0.495 e. The summed E-state index contributed by atoms with van der Waals surface area (Å²) in [6, 6.07) is 13.1. The molecule has 4 rings (SSSR count). The van der Waals surface area contributed by atoms with Crippen LogP contribution in [0.25, 0.3) is 10.9 Å². The minimum absolute atomic E-state index is 0.0332. The van der Waals surface area contributed by atoms with E-state index in [4.69, 9.17) is 15.2 Å².